The predicted octanol–water partition coefficient (Wildman–Crippen LogP) is 2.96. The Hall–Kier alpha value is -2.38. The van der Waals surface area contributed by atoms with E-state index in [4.69, 9.17) is 5.73 Å². The number of rotatable bonds is 6. The molecule has 1 atom stereocenters. The number of thiophene rings is 1. The van der Waals surface area contributed by atoms with E-state index in [1.165, 1.54) is 27.7 Å². The molecule has 5 nitrogen and oxygen atoms in total. The number of amides is 1. The van der Waals surface area contributed by atoms with E-state index in [0.29, 0.717) is 21.9 Å². The van der Waals surface area contributed by atoms with Crippen LogP contribution in [-0.2, 0) is 11.3 Å². The molecule has 0 aliphatic rings. The van der Waals surface area contributed by atoms with Crippen LogP contribution in [0.4, 0.5) is 0 Å². The monoisotopic (exact) mass is 357 g/mol. The van der Waals surface area contributed by atoms with Crippen LogP contribution in [0.15, 0.2) is 64.4 Å². The lowest BCUT2D eigenvalue weighted by molar-refractivity contribution is -0.117. The minimum absolute atomic E-state index is 0.131. The van der Waals surface area contributed by atoms with Gasteiger partial charge in [0.1, 0.15) is 9.95 Å². The van der Waals surface area contributed by atoms with Gasteiger partial charge in [-0.2, -0.15) is 0 Å². The van der Waals surface area contributed by atoms with E-state index in [2.05, 4.69) is 11.6 Å². The molecule has 2 N–H and O–H groups in total. The molecule has 0 fully saturated rings. The largest absolute Gasteiger partial charge is 0.368 e. The second-order valence-electron chi connectivity index (χ2n) is 5.04. The van der Waals surface area contributed by atoms with E-state index >= 15 is 0 Å². The van der Waals surface area contributed by atoms with Crippen molar-refractivity contribution in [3.63, 3.8) is 0 Å². The fourth-order valence-corrected chi connectivity index (χ4v) is 4.16. The molecule has 3 rings (SSSR count). The van der Waals surface area contributed by atoms with Gasteiger partial charge in [0.15, 0.2) is 5.16 Å². The molecule has 7 heteroatoms. The van der Waals surface area contributed by atoms with Gasteiger partial charge < -0.3 is 5.73 Å². The second kappa shape index (κ2) is 7.02. The number of hydrogen-bond donors (Lipinski definition) is 1. The summed E-state index contributed by atoms with van der Waals surface area (Å²) >= 11 is 2.54. The number of hydrogen-bond acceptors (Lipinski definition) is 5. The standard InChI is InChI=1S/C17H15N3O2S2/c1-2-9-20-16(22)14-12(8-10-23-14)19-17(20)24-13(15(18)21)11-6-4-3-5-7-11/h2-8,10,13H,1,9H2,(H2,18,21)/t13-/m0/s1. The number of nitrogens with zero attached hydrogens (tertiary/aromatic N) is 2. The SMILES string of the molecule is C=CCn1c(S[C@H](C(N)=O)c2ccccc2)nc2ccsc2c1=O. The van der Waals surface area contributed by atoms with Gasteiger partial charge in [-0.1, -0.05) is 48.2 Å². The van der Waals surface area contributed by atoms with E-state index in [-0.39, 0.29) is 5.56 Å². The van der Waals surface area contributed by atoms with Crippen LogP contribution in [0.3, 0.4) is 0 Å². The van der Waals surface area contributed by atoms with Crippen molar-refractivity contribution >= 4 is 39.2 Å². The number of fused-ring (bicyclic) bond motifs is 1. The smallest absolute Gasteiger partial charge is 0.272 e. The highest BCUT2D eigenvalue weighted by Gasteiger charge is 2.23. The molecule has 2 heterocycles. The number of allylic oxidation sites excluding steroid dienone is 1. The number of nitrogens with two attached hydrogens (primary N) is 1. The molecule has 24 heavy (non-hydrogen) atoms. The average molecular weight is 357 g/mol. The maximum Gasteiger partial charge on any atom is 0.272 e. The molecule has 3 aromatic rings. The zero-order chi connectivity index (χ0) is 17.1. The van der Waals surface area contributed by atoms with Gasteiger partial charge in [0.05, 0.1) is 5.52 Å². The number of primary amides is 1. The van der Waals surface area contributed by atoms with Crippen molar-refractivity contribution in [3.05, 3.63) is 70.4 Å². The summed E-state index contributed by atoms with van der Waals surface area (Å²) < 4.78 is 2.12. The average Bonchev–Trinajstić information content (AvgIpc) is 3.05. The molecule has 0 aliphatic carbocycles. The molecule has 0 spiro atoms. The van der Waals surface area contributed by atoms with Gasteiger partial charge in [-0.05, 0) is 17.0 Å². The number of carbonyl (C=O) groups excluding carboxylic acids is 1. The number of benzene rings is 1. The Morgan fingerprint density at radius 2 is 2.12 bits per heavy atom. The lowest BCUT2D eigenvalue weighted by Gasteiger charge is -2.16. The van der Waals surface area contributed by atoms with Crippen LogP contribution in [0, 0.1) is 0 Å². The van der Waals surface area contributed by atoms with Crippen molar-refractivity contribution in [3.8, 4) is 0 Å². The van der Waals surface area contributed by atoms with E-state index in [9.17, 15) is 9.59 Å². The maximum atomic E-state index is 12.6. The third kappa shape index (κ3) is 3.13. The maximum absolute atomic E-state index is 12.6. The molecule has 0 saturated heterocycles. The van der Waals surface area contributed by atoms with Gasteiger partial charge in [0, 0.05) is 6.54 Å². The Kier molecular flexibility index (Phi) is 4.82. The summed E-state index contributed by atoms with van der Waals surface area (Å²) in [6, 6.07) is 11.0. The van der Waals surface area contributed by atoms with Crippen LogP contribution < -0.4 is 11.3 Å². The Morgan fingerprint density at radius 3 is 2.79 bits per heavy atom. The second-order valence-corrected chi connectivity index (χ2v) is 7.03. The van der Waals surface area contributed by atoms with Crippen molar-refractivity contribution in [2.24, 2.45) is 5.73 Å². The highest BCUT2D eigenvalue weighted by molar-refractivity contribution is 8.00. The summed E-state index contributed by atoms with van der Waals surface area (Å²) in [5.74, 6) is -0.476. The number of carbonyl (C=O) groups is 1. The molecule has 0 aliphatic heterocycles. The van der Waals surface area contributed by atoms with Crippen molar-refractivity contribution in [2.45, 2.75) is 17.0 Å². The van der Waals surface area contributed by atoms with Crippen LogP contribution >= 0.6 is 23.1 Å². The van der Waals surface area contributed by atoms with Crippen molar-refractivity contribution in [1.29, 1.82) is 0 Å². The third-order valence-electron chi connectivity index (χ3n) is 3.43. The van der Waals surface area contributed by atoms with E-state index in [1.807, 2.05) is 35.7 Å². The fraction of sp³-hybridized carbons (Fsp3) is 0.118. The minimum atomic E-state index is -0.620. The topological polar surface area (TPSA) is 78.0 Å². The molecular weight excluding hydrogens is 342 g/mol. The molecule has 0 saturated carbocycles. The van der Waals surface area contributed by atoms with E-state index in [1.54, 1.807) is 12.1 Å². The van der Waals surface area contributed by atoms with Gasteiger partial charge in [-0.15, -0.1) is 17.9 Å². The molecule has 0 bridgehead atoms. The fourth-order valence-electron chi connectivity index (χ4n) is 2.33. The highest BCUT2D eigenvalue weighted by atomic mass is 32.2. The van der Waals surface area contributed by atoms with Crippen LogP contribution in [0.2, 0.25) is 0 Å². The van der Waals surface area contributed by atoms with Gasteiger partial charge in [-0.3, -0.25) is 14.2 Å². The van der Waals surface area contributed by atoms with Gasteiger partial charge >= 0.3 is 0 Å². The van der Waals surface area contributed by atoms with Crippen molar-refractivity contribution in [1.82, 2.24) is 9.55 Å². The Balaban J connectivity index is 2.10. The Bertz CT molecular complexity index is 947. The van der Waals surface area contributed by atoms with E-state index < -0.39 is 11.2 Å². The Morgan fingerprint density at radius 1 is 1.38 bits per heavy atom. The highest BCUT2D eigenvalue weighted by Crippen LogP contribution is 2.34. The first-order chi connectivity index (χ1) is 11.6. The molecule has 1 aromatic carbocycles. The molecule has 1 amide bonds. The lowest BCUT2D eigenvalue weighted by atomic mass is 10.1. The third-order valence-corrected chi connectivity index (χ3v) is 5.58. The summed E-state index contributed by atoms with van der Waals surface area (Å²) in [5, 5.41) is 1.66. The Labute approximate surface area is 146 Å². The van der Waals surface area contributed by atoms with Gasteiger partial charge in [0.25, 0.3) is 5.56 Å². The number of aromatic nitrogens is 2. The van der Waals surface area contributed by atoms with Crippen LogP contribution in [0.25, 0.3) is 10.2 Å². The summed E-state index contributed by atoms with van der Waals surface area (Å²) in [6.45, 7) is 4.02. The normalized spacial score (nSPS) is 12.2. The quantitative estimate of drug-likeness (QED) is 0.418. The summed E-state index contributed by atoms with van der Waals surface area (Å²) in [5.41, 5.74) is 6.85. The summed E-state index contributed by atoms with van der Waals surface area (Å²) in [7, 11) is 0. The first kappa shape index (κ1) is 16.5. The van der Waals surface area contributed by atoms with Crippen LogP contribution in [-0.4, -0.2) is 15.5 Å². The summed E-state index contributed by atoms with van der Waals surface area (Å²) in [6.07, 6.45) is 1.63. The number of thioether (sulfide) groups is 1. The van der Waals surface area contributed by atoms with Crippen molar-refractivity contribution < 1.29 is 4.79 Å². The van der Waals surface area contributed by atoms with Gasteiger partial charge in [0.2, 0.25) is 5.91 Å². The van der Waals surface area contributed by atoms with E-state index in [0.717, 1.165) is 5.56 Å². The summed E-state index contributed by atoms with van der Waals surface area (Å²) in [4.78, 5) is 29.1. The predicted molar refractivity (Wildman–Crippen MR) is 98.3 cm³/mol. The van der Waals surface area contributed by atoms with Crippen LogP contribution in [0.1, 0.15) is 10.8 Å². The van der Waals surface area contributed by atoms with Crippen molar-refractivity contribution in [2.75, 3.05) is 0 Å². The first-order valence-electron chi connectivity index (χ1n) is 7.21. The molecule has 0 unspecified atom stereocenters. The molecule has 2 aromatic heterocycles. The molecule has 122 valence electrons. The zero-order valence-electron chi connectivity index (χ0n) is 12.7. The van der Waals surface area contributed by atoms with Gasteiger partial charge in [-0.25, -0.2) is 4.98 Å². The zero-order valence-corrected chi connectivity index (χ0v) is 14.3. The first-order valence-corrected chi connectivity index (χ1v) is 8.97. The molecular formula is C17H15N3O2S2. The lowest BCUT2D eigenvalue weighted by Crippen LogP contribution is -2.24. The minimum Gasteiger partial charge on any atom is -0.368 e. The van der Waals surface area contributed by atoms with Crippen LogP contribution in [0.5, 0.6) is 0 Å². The molecule has 0 radical (unpaired) electrons.